The van der Waals surface area contributed by atoms with Gasteiger partial charge in [-0.3, -0.25) is 4.68 Å². The molecule has 4 nitrogen and oxygen atoms in total. The summed E-state index contributed by atoms with van der Waals surface area (Å²) in [4.78, 5) is 0. The summed E-state index contributed by atoms with van der Waals surface area (Å²) in [6.07, 6.45) is 3.80. The highest BCUT2D eigenvalue weighted by Crippen LogP contribution is 2.20. The molecule has 0 saturated carbocycles. The zero-order chi connectivity index (χ0) is 14.4. The number of aliphatic hydroxyl groups is 1. The van der Waals surface area contributed by atoms with E-state index in [0.717, 1.165) is 29.0 Å². The lowest BCUT2D eigenvalue weighted by Gasteiger charge is -2.08. The maximum atomic E-state index is 8.68. The van der Waals surface area contributed by atoms with E-state index in [1.165, 1.54) is 0 Å². The SMILES string of the molecule is CCn1cc(COc2ccc(C#CCO)cc2C)cn1. The van der Waals surface area contributed by atoms with Crippen LogP contribution in [0, 0.1) is 18.8 Å². The first-order valence-corrected chi connectivity index (χ1v) is 6.57. The van der Waals surface area contributed by atoms with Crippen molar-refractivity contribution in [3.05, 3.63) is 47.3 Å². The Morgan fingerprint density at radius 1 is 1.40 bits per heavy atom. The molecule has 4 heteroatoms. The fraction of sp³-hybridized carbons (Fsp3) is 0.312. The number of hydrogen-bond donors (Lipinski definition) is 1. The van der Waals surface area contributed by atoms with Crippen LogP contribution in [0.25, 0.3) is 0 Å². The summed E-state index contributed by atoms with van der Waals surface area (Å²) >= 11 is 0. The van der Waals surface area contributed by atoms with Crippen molar-refractivity contribution in [2.24, 2.45) is 0 Å². The van der Waals surface area contributed by atoms with Crippen LogP contribution in [-0.2, 0) is 13.2 Å². The topological polar surface area (TPSA) is 47.3 Å². The molecule has 0 aliphatic rings. The Morgan fingerprint density at radius 2 is 2.25 bits per heavy atom. The van der Waals surface area contributed by atoms with Crippen molar-refractivity contribution in [3.63, 3.8) is 0 Å². The number of hydrogen-bond acceptors (Lipinski definition) is 3. The Morgan fingerprint density at radius 3 is 2.90 bits per heavy atom. The van der Waals surface area contributed by atoms with Crippen LogP contribution in [0.3, 0.4) is 0 Å². The number of aryl methyl sites for hydroxylation is 2. The first-order chi connectivity index (χ1) is 9.72. The standard InChI is InChI=1S/C16H18N2O2/c1-3-18-11-15(10-17-18)12-20-16-7-6-14(5-4-8-19)9-13(16)2/h6-7,9-11,19H,3,8,12H2,1-2H3. The van der Waals surface area contributed by atoms with Gasteiger partial charge < -0.3 is 9.84 Å². The predicted molar refractivity (Wildman–Crippen MR) is 77.4 cm³/mol. The van der Waals surface area contributed by atoms with Crippen LogP contribution < -0.4 is 4.74 Å². The molecule has 1 aromatic carbocycles. The lowest BCUT2D eigenvalue weighted by atomic mass is 10.1. The van der Waals surface area contributed by atoms with E-state index in [4.69, 9.17) is 9.84 Å². The number of benzene rings is 1. The third-order valence-electron chi connectivity index (χ3n) is 2.89. The van der Waals surface area contributed by atoms with E-state index in [9.17, 15) is 0 Å². The maximum absolute atomic E-state index is 8.68. The van der Waals surface area contributed by atoms with Gasteiger partial charge in [0.05, 0.1) is 6.20 Å². The zero-order valence-electron chi connectivity index (χ0n) is 11.8. The number of ether oxygens (including phenoxy) is 1. The van der Waals surface area contributed by atoms with Crippen molar-refractivity contribution in [2.45, 2.75) is 27.0 Å². The zero-order valence-corrected chi connectivity index (χ0v) is 11.8. The van der Waals surface area contributed by atoms with Gasteiger partial charge in [0.1, 0.15) is 19.0 Å². The average molecular weight is 270 g/mol. The van der Waals surface area contributed by atoms with Crippen LogP contribution in [-0.4, -0.2) is 21.5 Å². The minimum absolute atomic E-state index is 0.126. The summed E-state index contributed by atoms with van der Waals surface area (Å²) in [5.41, 5.74) is 2.95. The summed E-state index contributed by atoms with van der Waals surface area (Å²) in [6.45, 7) is 5.27. The summed E-state index contributed by atoms with van der Waals surface area (Å²) in [5.74, 6) is 6.35. The number of aromatic nitrogens is 2. The Bertz CT molecular complexity index is 635. The van der Waals surface area contributed by atoms with E-state index in [0.29, 0.717) is 6.61 Å². The second-order valence-electron chi connectivity index (χ2n) is 4.43. The molecule has 1 heterocycles. The van der Waals surface area contributed by atoms with Gasteiger partial charge in [-0.2, -0.15) is 5.10 Å². The van der Waals surface area contributed by atoms with Gasteiger partial charge in [-0.05, 0) is 37.6 Å². The van der Waals surface area contributed by atoms with Gasteiger partial charge in [0, 0.05) is 23.9 Å². The van der Waals surface area contributed by atoms with Crippen LogP contribution >= 0.6 is 0 Å². The Balaban J connectivity index is 2.02. The van der Waals surface area contributed by atoms with Gasteiger partial charge in [-0.1, -0.05) is 11.8 Å². The van der Waals surface area contributed by atoms with Crippen LogP contribution in [0.5, 0.6) is 5.75 Å². The van der Waals surface area contributed by atoms with Crippen molar-refractivity contribution < 1.29 is 9.84 Å². The van der Waals surface area contributed by atoms with Crippen LogP contribution in [0.2, 0.25) is 0 Å². The molecular formula is C16H18N2O2. The summed E-state index contributed by atoms with van der Waals surface area (Å²) in [6, 6.07) is 5.74. The molecule has 1 N–H and O–H groups in total. The maximum Gasteiger partial charge on any atom is 0.122 e. The van der Waals surface area contributed by atoms with E-state index in [2.05, 4.69) is 16.9 Å². The molecule has 0 aliphatic carbocycles. The molecule has 2 rings (SSSR count). The lowest BCUT2D eigenvalue weighted by Crippen LogP contribution is -1.97. The first kappa shape index (κ1) is 14.2. The molecule has 2 aromatic rings. The minimum atomic E-state index is -0.126. The monoisotopic (exact) mass is 270 g/mol. The Labute approximate surface area is 119 Å². The molecule has 0 bridgehead atoms. The normalized spacial score (nSPS) is 9.95. The molecule has 104 valence electrons. The molecule has 0 saturated heterocycles. The molecule has 1 aromatic heterocycles. The van der Waals surface area contributed by atoms with E-state index in [-0.39, 0.29) is 6.61 Å². The fourth-order valence-corrected chi connectivity index (χ4v) is 1.85. The largest absolute Gasteiger partial charge is 0.489 e. The molecule has 0 fully saturated rings. The van der Waals surface area contributed by atoms with Crippen molar-refractivity contribution in [1.82, 2.24) is 9.78 Å². The molecule has 0 unspecified atom stereocenters. The van der Waals surface area contributed by atoms with E-state index in [1.54, 1.807) is 0 Å². The summed E-state index contributed by atoms with van der Waals surface area (Å²) in [7, 11) is 0. The first-order valence-electron chi connectivity index (χ1n) is 6.57. The highest BCUT2D eigenvalue weighted by atomic mass is 16.5. The molecule has 20 heavy (non-hydrogen) atoms. The molecule has 0 amide bonds. The Kier molecular flexibility index (Phi) is 4.80. The van der Waals surface area contributed by atoms with Crippen molar-refractivity contribution >= 4 is 0 Å². The second-order valence-corrected chi connectivity index (χ2v) is 4.43. The van der Waals surface area contributed by atoms with Crippen LogP contribution in [0.15, 0.2) is 30.6 Å². The highest BCUT2D eigenvalue weighted by Gasteiger charge is 2.02. The smallest absolute Gasteiger partial charge is 0.122 e. The average Bonchev–Trinajstić information content (AvgIpc) is 2.92. The number of rotatable bonds is 4. The molecule has 0 atom stereocenters. The van der Waals surface area contributed by atoms with Gasteiger partial charge in [-0.15, -0.1) is 0 Å². The van der Waals surface area contributed by atoms with E-state index in [1.807, 2.05) is 49.1 Å². The van der Waals surface area contributed by atoms with Crippen molar-refractivity contribution in [1.29, 1.82) is 0 Å². The van der Waals surface area contributed by atoms with Gasteiger partial charge in [-0.25, -0.2) is 0 Å². The molecular weight excluding hydrogens is 252 g/mol. The third kappa shape index (κ3) is 3.62. The number of aliphatic hydroxyl groups excluding tert-OH is 1. The quantitative estimate of drug-likeness (QED) is 0.866. The van der Waals surface area contributed by atoms with E-state index >= 15 is 0 Å². The highest BCUT2D eigenvalue weighted by molar-refractivity contribution is 5.43. The molecule has 0 spiro atoms. The van der Waals surface area contributed by atoms with Crippen molar-refractivity contribution in [3.8, 4) is 17.6 Å². The van der Waals surface area contributed by atoms with Crippen LogP contribution in [0.4, 0.5) is 0 Å². The second kappa shape index (κ2) is 6.78. The van der Waals surface area contributed by atoms with Crippen molar-refractivity contribution in [2.75, 3.05) is 6.61 Å². The van der Waals surface area contributed by atoms with E-state index < -0.39 is 0 Å². The molecule has 0 aliphatic heterocycles. The predicted octanol–water partition coefficient (Wildman–Crippen LogP) is 2.13. The number of nitrogens with zero attached hydrogens (tertiary/aromatic N) is 2. The Hall–Kier alpha value is -2.25. The van der Waals surface area contributed by atoms with Gasteiger partial charge in [0.2, 0.25) is 0 Å². The molecule has 0 radical (unpaired) electrons. The van der Waals surface area contributed by atoms with Gasteiger partial charge >= 0.3 is 0 Å². The van der Waals surface area contributed by atoms with Gasteiger partial charge in [0.15, 0.2) is 0 Å². The summed E-state index contributed by atoms with van der Waals surface area (Å²) in [5, 5.41) is 12.9. The fourth-order valence-electron chi connectivity index (χ4n) is 1.85. The third-order valence-corrected chi connectivity index (χ3v) is 2.89. The minimum Gasteiger partial charge on any atom is -0.489 e. The van der Waals surface area contributed by atoms with Crippen LogP contribution in [0.1, 0.15) is 23.6 Å². The lowest BCUT2D eigenvalue weighted by molar-refractivity contribution is 0.304. The van der Waals surface area contributed by atoms with Gasteiger partial charge in [0.25, 0.3) is 0 Å². The summed E-state index contributed by atoms with van der Waals surface area (Å²) < 4.78 is 7.66.